The molecule has 0 radical (unpaired) electrons. The van der Waals surface area contributed by atoms with Crippen LogP contribution in [-0.4, -0.2) is 29.3 Å². The molecule has 0 unspecified atom stereocenters. The van der Waals surface area contributed by atoms with Crippen LogP contribution in [0.25, 0.3) is 0 Å². The maximum atomic E-state index is 12.5. The number of allylic oxidation sites excluding steroid dienone is 2. The molecular formula is C17H14Cl2N2O4. The van der Waals surface area contributed by atoms with Gasteiger partial charge >= 0.3 is 0 Å². The third-order valence-electron chi connectivity index (χ3n) is 4.96. The maximum Gasteiger partial charge on any atom is 0.276 e. The van der Waals surface area contributed by atoms with Crippen LogP contribution >= 0.6 is 23.2 Å². The maximum absolute atomic E-state index is 12.5. The molecule has 1 N–H and O–H groups in total. The molecule has 3 aliphatic rings. The Morgan fingerprint density at radius 1 is 1.16 bits per heavy atom. The fourth-order valence-electron chi connectivity index (χ4n) is 3.91. The van der Waals surface area contributed by atoms with E-state index in [2.05, 4.69) is 5.43 Å². The summed E-state index contributed by atoms with van der Waals surface area (Å²) in [5, 5.41) is 1.56. The average molecular weight is 381 g/mol. The highest BCUT2D eigenvalue weighted by molar-refractivity contribution is 6.35. The molecule has 0 aromatic heterocycles. The summed E-state index contributed by atoms with van der Waals surface area (Å²) in [4.78, 5) is 37.0. The van der Waals surface area contributed by atoms with E-state index in [1.54, 1.807) is 6.07 Å². The van der Waals surface area contributed by atoms with Crippen molar-refractivity contribution in [2.75, 3.05) is 6.61 Å². The van der Waals surface area contributed by atoms with Crippen molar-refractivity contribution in [2.45, 2.75) is 6.42 Å². The van der Waals surface area contributed by atoms with Crippen molar-refractivity contribution >= 4 is 40.9 Å². The number of carbonyl (C=O) groups is 3. The van der Waals surface area contributed by atoms with Gasteiger partial charge < -0.3 is 4.74 Å². The number of rotatable bonds is 4. The zero-order chi connectivity index (χ0) is 17.7. The number of benzene rings is 1. The van der Waals surface area contributed by atoms with E-state index >= 15 is 0 Å². The van der Waals surface area contributed by atoms with Crippen molar-refractivity contribution in [3.05, 3.63) is 40.4 Å². The van der Waals surface area contributed by atoms with Crippen LogP contribution in [-0.2, 0) is 14.4 Å². The third-order valence-corrected chi connectivity index (χ3v) is 5.49. The summed E-state index contributed by atoms with van der Waals surface area (Å²) in [6.45, 7) is -0.376. The first kappa shape index (κ1) is 16.4. The first-order valence-corrected chi connectivity index (χ1v) is 8.65. The number of hydrogen-bond donors (Lipinski definition) is 1. The van der Waals surface area contributed by atoms with Gasteiger partial charge in [-0.1, -0.05) is 35.4 Å². The lowest BCUT2D eigenvalue weighted by Crippen LogP contribution is -2.48. The standard InChI is InChI=1S/C17H14Cl2N2O4/c18-10-3-4-12(11(19)6-10)25-7-13(22)20-21-16(23)14-8-1-2-9(5-8)15(14)17(21)24/h1-4,6,8-9,14-15H,5,7H2,(H,20,22)/t8-,9+,14-,15+. The van der Waals surface area contributed by atoms with Crippen molar-refractivity contribution < 1.29 is 19.1 Å². The summed E-state index contributed by atoms with van der Waals surface area (Å²) in [5.41, 5.74) is 2.35. The molecule has 0 spiro atoms. The topological polar surface area (TPSA) is 75.7 Å². The van der Waals surface area contributed by atoms with E-state index in [9.17, 15) is 14.4 Å². The van der Waals surface area contributed by atoms with Gasteiger partial charge in [-0.15, -0.1) is 0 Å². The number of nitrogens with zero attached hydrogens (tertiary/aromatic N) is 1. The summed E-state index contributed by atoms with van der Waals surface area (Å²) < 4.78 is 5.32. The molecule has 8 heteroatoms. The molecule has 1 saturated heterocycles. The van der Waals surface area contributed by atoms with E-state index < -0.39 is 5.91 Å². The van der Waals surface area contributed by atoms with Gasteiger partial charge in [-0.2, -0.15) is 5.01 Å². The predicted molar refractivity (Wildman–Crippen MR) is 89.7 cm³/mol. The highest BCUT2D eigenvalue weighted by Crippen LogP contribution is 2.52. The van der Waals surface area contributed by atoms with Crippen LogP contribution < -0.4 is 10.2 Å². The molecule has 1 saturated carbocycles. The summed E-state index contributed by atoms with van der Waals surface area (Å²) in [7, 11) is 0. The lowest BCUT2D eigenvalue weighted by molar-refractivity contribution is -0.150. The van der Waals surface area contributed by atoms with Gasteiger partial charge in [0.25, 0.3) is 17.7 Å². The van der Waals surface area contributed by atoms with Crippen LogP contribution in [0.3, 0.4) is 0 Å². The van der Waals surface area contributed by atoms with Gasteiger partial charge in [0.2, 0.25) is 0 Å². The molecule has 2 aliphatic carbocycles. The van der Waals surface area contributed by atoms with Crippen LogP contribution in [0, 0.1) is 23.7 Å². The number of imide groups is 1. The Labute approximate surface area is 153 Å². The Hall–Kier alpha value is -2.05. The molecule has 1 heterocycles. The summed E-state index contributed by atoms with van der Waals surface area (Å²) in [6, 6.07) is 4.61. The number of hydrazine groups is 1. The Kier molecular flexibility index (Phi) is 3.96. The van der Waals surface area contributed by atoms with Gasteiger partial charge in [-0.05, 0) is 36.5 Å². The van der Waals surface area contributed by atoms with Crippen molar-refractivity contribution in [3.8, 4) is 5.75 Å². The Morgan fingerprint density at radius 2 is 1.80 bits per heavy atom. The Morgan fingerprint density at radius 3 is 2.40 bits per heavy atom. The molecule has 1 aliphatic heterocycles. The number of carbonyl (C=O) groups excluding carboxylic acids is 3. The van der Waals surface area contributed by atoms with Gasteiger partial charge in [0.15, 0.2) is 6.61 Å². The van der Waals surface area contributed by atoms with Crippen molar-refractivity contribution in [1.29, 1.82) is 0 Å². The molecule has 4 rings (SSSR count). The highest BCUT2D eigenvalue weighted by atomic mass is 35.5. The molecule has 3 amide bonds. The van der Waals surface area contributed by atoms with Crippen LogP contribution in [0.5, 0.6) is 5.75 Å². The largest absolute Gasteiger partial charge is 0.482 e. The fraction of sp³-hybridized carbons (Fsp3) is 0.353. The summed E-state index contributed by atoms with van der Waals surface area (Å²) in [6.07, 6.45) is 4.83. The van der Waals surface area contributed by atoms with Crippen LogP contribution in [0.2, 0.25) is 10.0 Å². The summed E-state index contributed by atoms with van der Waals surface area (Å²) >= 11 is 11.8. The molecule has 25 heavy (non-hydrogen) atoms. The first-order valence-electron chi connectivity index (χ1n) is 7.89. The van der Waals surface area contributed by atoms with Gasteiger partial charge in [-0.25, -0.2) is 0 Å². The third kappa shape index (κ3) is 2.69. The van der Waals surface area contributed by atoms with E-state index in [0.717, 1.165) is 11.4 Å². The fourth-order valence-corrected chi connectivity index (χ4v) is 4.37. The van der Waals surface area contributed by atoms with Crippen LogP contribution in [0.1, 0.15) is 6.42 Å². The van der Waals surface area contributed by atoms with Crippen molar-refractivity contribution in [3.63, 3.8) is 0 Å². The lowest BCUT2D eigenvalue weighted by atomic mass is 9.85. The molecule has 2 bridgehead atoms. The smallest absolute Gasteiger partial charge is 0.276 e. The zero-order valence-electron chi connectivity index (χ0n) is 12.9. The Bertz CT molecular complexity index is 780. The van der Waals surface area contributed by atoms with Gasteiger partial charge in [0.1, 0.15) is 5.75 Å². The molecule has 2 fully saturated rings. The first-order chi connectivity index (χ1) is 12.0. The lowest BCUT2D eigenvalue weighted by Gasteiger charge is -2.18. The predicted octanol–water partition coefficient (Wildman–Crippen LogP) is 2.21. The minimum absolute atomic E-state index is 0.0949. The van der Waals surface area contributed by atoms with E-state index in [0.29, 0.717) is 10.8 Å². The SMILES string of the molecule is O=C(COc1ccc(Cl)cc1Cl)NN1C(=O)[C@@H]2[C@H](C1=O)[C@@H]1C=C[C@H]2C1. The number of hydrogen-bond acceptors (Lipinski definition) is 4. The van der Waals surface area contributed by atoms with Crippen molar-refractivity contribution in [1.82, 2.24) is 10.4 Å². The van der Waals surface area contributed by atoms with E-state index in [4.69, 9.17) is 27.9 Å². The highest BCUT2D eigenvalue weighted by Gasteiger charge is 2.59. The normalized spacial score (nSPS) is 29.3. The second-order valence-corrected chi connectivity index (χ2v) is 7.25. The van der Waals surface area contributed by atoms with Crippen LogP contribution in [0.4, 0.5) is 0 Å². The minimum Gasteiger partial charge on any atom is -0.482 e. The van der Waals surface area contributed by atoms with Gasteiger partial charge in [0.05, 0.1) is 16.9 Å². The minimum atomic E-state index is -0.604. The summed E-state index contributed by atoms with van der Waals surface area (Å²) in [5.74, 6) is -1.51. The molecule has 6 nitrogen and oxygen atoms in total. The monoisotopic (exact) mass is 380 g/mol. The van der Waals surface area contributed by atoms with E-state index in [-0.39, 0.29) is 47.1 Å². The number of amides is 3. The molecule has 130 valence electrons. The zero-order valence-corrected chi connectivity index (χ0v) is 14.5. The molecule has 1 aromatic rings. The molecule has 1 aromatic carbocycles. The van der Waals surface area contributed by atoms with Crippen LogP contribution in [0.15, 0.2) is 30.4 Å². The van der Waals surface area contributed by atoms with Crippen molar-refractivity contribution in [2.24, 2.45) is 23.7 Å². The Balaban J connectivity index is 1.38. The number of fused-ring (bicyclic) bond motifs is 5. The molecular weight excluding hydrogens is 367 g/mol. The van der Waals surface area contributed by atoms with E-state index in [1.165, 1.54) is 12.1 Å². The van der Waals surface area contributed by atoms with E-state index in [1.807, 2.05) is 12.2 Å². The quantitative estimate of drug-likeness (QED) is 0.641. The molecule has 4 atom stereocenters. The number of nitrogens with one attached hydrogen (secondary N) is 1. The van der Waals surface area contributed by atoms with Gasteiger partial charge in [-0.3, -0.25) is 19.8 Å². The number of halogens is 2. The van der Waals surface area contributed by atoms with Gasteiger partial charge in [0, 0.05) is 5.02 Å². The second-order valence-electron chi connectivity index (χ2n) is 6.41. The average Bonchev–Trinajstić information content (AvgIpc) is 3.24. The second kappa shape index (κ2) is 6.04. The number of ether oxygens (including phenoxy) is 1.